The Kier molecular flexibility index (Phi) is 1.34. The molecule has 2 atom stereocenters. The Morgan fingerprint density at radius 1 is 1.45 bits per heavy atom. The van der Waals surface area contributed by atoms with E-state index in [0.717, 1.165) is 0 Å². The minimum Gasteiger partial charge on any atom is -0.303 e. The average Bonchev–Trinajstić information content (AvgIpc) is 2.29. The summed E-state index contributed by atoms with van der Waals surface area (Å²) < 4.78 is 0. The number of aldehydes is 1. The number of carbonyl (C=O) groups excluding carboxylic acids is 1. The zero-order chi connectivity index (χ0) is 8.86. The summed E-state index contributed by atoms with van der Waals surface area (Å²) in [6.07, 6.45) is 0.683. The van der Waals surface area contributed by atoms with Gasteiger partial charge in [0.2, 0.25) is 5.54 Å². The fourth-order valence-corrected chi connectivity index (χ4v) is 1.65. The first-order valence-corrected chi connectivity index (χ1v) is 3.49. The molecule has 1 rings (SSSR count). The highest BCUT2D eigenvalue weighted by Gasteiger charge is 2.78. The Morgan fingerprint density at radius 3 is 2.00 bits per heavy atom. The van der Waals surface area contributed by atoms with Gasteiger partial charge in [0.25, 0.3) is 0 Å². The molecule has 0 bridgehead atoms. The third kappa shape index (κ3) is 0.667. The molecule has 1 aliphatic carbocycles. The van der Waals surface area contributed by atoms with E-state index >= 15 is 0 Å². The average molecular weight is 157 g/mol. The van der Waals surface area contributed by atoms with Crippen molar-refractivity contribution in [3.8, 4) is 0 Å². The predicted molar refractivity (Wildman–Crippen MR) is 38.7 cm³/mol. The van der Waals surface area contributed by atoms with Crippen LogP contribution in [0.5, 0.6) is 0 Å². The maximum absolute atomic E-state index is 10.5. The Labute approximate surface area is 64.7 Å². The minimum absolute atomic E-state index is 0.355. The highest BCUT2D eigenvalue weighted by atomic mass is 16.6. The molecule has 0 radical (unpaired) electrons. The minimum atomic E-state index is -1.03. The van der Waals surface area contributed by atoms with Crippen LogP contribution in [0.4, 0.5) is 0 Å². The summed E-state index contributed by atoms with van der Waals surface area (Å²) in [6, 6.07) is 0. The summed E-state index contributed by atoms with van der Waals surface area (Å²) in [7, 11) is 0. The molecule has 4 nitrogen and oxygen atoms in total. The van der Waals surface area contributed by atoms with Crippen LogP contribution in [-0.2, 0) is 4.79 Å². The van der Waals surface area contributed by atoms with E-state index in [9.17, 15) is 14.9 Å². The molecule has 0 heterocycles. The monoisotopic (exact) mass is 157 g/mol. The van der Waals surface area contributed by atoms with Crippen LogP contribution in [0, 0.1) is 21.4 Å². The molecular formula is C7H11NO3. The molecule has 62 valence electrons. The van der Waals surface area contributed by atoms with Crippen molar-refractivity contribution in [2.75, 3.05) is 0 Å². The van der Waals surface area contributed by atoms with Gasteiger partial charge in [-0.05, 0) is 0 Å². The molecule has 1 fully saturated rings. The van der Waals surface area contributed by atoms with Crippen molar-refractivity contribution < 1.29 is 9.72 Å². The van der Waals surface area contributed by atoms with Gasteiger partial charge in [0.15, 0.2) is 0 Å². The number of carbonyl (C=O) groups is 1. The van der Waals surface area contributed by atoms with E-state index in [4.69, 9.17) is 0 Å². The Balaban J connectivity index is 2.95. The predicted octanol–water partition coefficient (Wildman–Crippen LogP) is 0.877. The zero-order valence-electron chi connectivity index (χ0n) is 6.83. The zero-order valence-corrected chi connectivity index (χ0v) is 6.83. The largest absolute Gasteiger partial charge is 0.303 e. The van der Waals surface area contributed by atoms with E-state index in [1.54, 1.807) is 13.8 Å². The Morgan fingerprint density at radius 2 is 1.91 bits per heavy atom. The lowest BCUT2D eigenvalue weighted by atomic mass is 10.1. The van der Waals surface area contributed by atoms with Gasteiger partial charge in [-0.25, -0.2) is 0 Å². The number of rotatable bonds is 2. The summed E-state index contributed by atoms with van der Waals surface area (Å²) in [6.45, 7) is 5.01. The lowest BCUT2D eigenvalue weighted by Crippen LogP contribution is -2.24. The highest BCUT2D eigenvalue weighted by molar-refractivity contribution is 5.64. The number of nitro groups is 1. The van der Waals surface area contributed by atoms with Crippen LogP contribution in [0.2, 0.25) is 0 Å². The molecule has 0 amide bonds. The van der Waals surface area contributed by atoms with Gasteiger partial charge in [-0.1, -0.05) is 13.8 Å². The van der Waals surface area contributed by atoms with E-state index < -0.39 is 16.9 Å². The van der Waals surface area contributed by atoms with Crippen molar-refractivity contribution in [3.63, 3.8) is 0 Å². The summed E-state index contributed by atoms with van der Waals surface area (Å²) in [4.78, 5) is 20.6. The molecule has 0 aromatic carbocycles. The quantitative estimate of drug-likeness (QED) is 0.339. The Bertz CT molecular complexity index is 224. The molecule has 0 saturated heterocycles. The third-order valence-corrected chi connectivity index (χ3v) is 3.12. The van der Waals surface area contributed by atoms with Gasteiger partial charge < -0.3 is 4.79 Å². The first kappa shape index (κ1) is 8.17. The van der Waals surface area contributed by atoms with Crippen molar-refractivity contribution in [2.24, 2.45) is 11.3 Å². The third-order valence-electron chi connectivity index (χ3n) is 3.12. The molecule has 11 heavy (non-hydrogen) atoms. The fourth-order valence-electron chi connectivity index (χ4n) is 1.65. The van der Waals surface area contributed by atoms with Crippen molar-refractivity contribution in [1.29, 1.82) is 0 Å². The molecule has 0 aromatic heterocycles. The van der Waals surface area contributed by atoms with Gasteiger partial charge in [0, 0.05) is 11.8 Å². The SMILES string of the molecule is CC1(C)[C@@H](C=O)[C@@]1(C)[N+](=O)[O-]. The lowest BCUT2D eigenvalue weighted by molar-refractivity contribution is -0.543. The van der Waals surface area contributed by atoms with Crippen LogP contribution in [0.3, 0.4) is 0 Å². The maximum atomic E-state index is 10.5. The van der Waals surface area contributed by atoms with Gasteiger partial charge in [0.1, 0.15) is 6.29 Å². The molecule has 0 N–H and O–H groups in total. The van der Waals surface area contributed by atoms with Crippen molar-refractivity contribution >= 4 is 6.29 Å². The Hall–Kier alpha value is -0.930. The van der Waals surface area contributed by atoms with Gasteiger partial charge in [-0.3, -0.25) is 10.1 Å². The lowest BCUT2D eigenvalue weighted by Gasteiger charge is -2.03. The molecule has 0 aromatic rings. The van der Waals surface area contributed by atoms with Gasteiger partial charge in [-0.15, -0.1) is 0 Å². The topological polar surface area (TPSA) is 60.2 Å². The first-order valence-electron chi connectivity index (χ1n) is 3.49. The van der Waals surface area contributed by atoms with E-state index in [2.05, 4.69) is 0 Å². The molecule has 0 spiro atoms. The number of nitrogens with zero attached hydrogens (tertiary/aromatic N) is 1. The van der Waals surface area contributed by atoms with Crippen LogP contribution in [0.1, 0.15) is 20.8 Å². The van der Waals surface area contributed by atoms with Crippen LogP contribution < -0.4 is 0 Å². The summed E-state index contributed by atoms with van der Waals surface area (Å²) in [5.41, 5.74) is -1.51. The maximum Gasteiger partial charge on any atom is 0.235 e. The second-order valence-corrected chi connectivity index (χ2v) is 3.74. The summed E-state index contributed by atoms with van der Waals surface area (Å²) >= 11 is 0. The van der Waals surface area contributed by atoms with E-state index in [1.807, 2.05) is 0 Å². The smallest absolute Gasteiger partial charge is 0.235 e. The molecule has 4 heteroatoms. The normalized spacial score (nSPS) is 39.7. The highest BCUT2D eigenvalue weighted by Crippen LogP contribution is 2.62. The van der Waals surface area contributed by atoms with E-state index in [-0.39, 0.29) is 4.92 Å². The first-order chi connectivity index (χ1) is 4.89. The van der Waals surface area contributed by atoms with Crippen molar-refractivity contribution in [1.82, 2.24) is 0 Å². The van der Waals surface area contributed by atoms with Gasteiger partial charge in [-0.2, -0.15) is 0 Å². The second-order valence-electron chi connectivity index (χ2n) is 3.74. The standard InChI is InChI=1S/C7H11NO3/c1-6(2)5(4-9)7(6,3)8(10)11/h4-5H,1-3H3/t5-,7-/m1/s1. The van der Waals surface area contributed by atoms with E-state index in [1.165, 1.54) is 6.92 Å². The second kappa shape index (κ2) is 1.81. The van der Waals surface area contributed by atoms with Crippen LogP contribution >= 0.6 is 0 Å². The molecular weight excluding hydrogens is 146 g/mol. The van der Waals surface area contributed by atoms with Crippen LogP contribution in [0.15, 0.2) is 0 Å². The fraction of sp³-hybridized carbons (Fsp3) is 0.857. The van der Waals surface area contributed by atoms with Gasteiger partial charge >= 0.3 is 0 Å². The number of hydrogen-bond acceptors (Lipinski definition) is 3. The molecule has 1 aliphatic rings. The van der Waals surface area contributed by atoms with Crippen LogP contribution in [0.25, 0.3) is 0 Å². The summed E-state index contributed by atoms with van der Waals surface area (Å²) in [5, 5.41) is 10.5. The van der Waals surface area contributed by atoms with Crippen molar-refractivity contribution in [3.05, 3.63) is 10.1 Å². The number of hydrogen-bond donors (Lipinski definition) is 0. The molecule has 0 unspecified atom stereocenters. The van der Waals surface area contributed by atoms with Gasteiger partial charge in [0.05, 0.1) is 11.3 Å². The van der Waals surface area contributed by atoms with Crippen molar-refractivity contribution in [2.45, 2.75) is 26.3 Å². The van der Waals surface area contributed by atoms with Crippen LogP contribution in [-0.4, -0.2) is 16.7 Å². The molecule has 0 aliphatic heterocycles. The summed E-state index contributed by atoms with van der Waals surface area (Å²) in [5.74, 6) is -0.426. The molecule has 1 saturated carbocycles. The van der Waals surface area contributed by atoms with E-state index in [0.29, 0.717) is 6.29 Å².